The third-order valence-electron chi connectivity index (χ3n) is 8.17. The molecule has 1 fully saturated rings. The molecule has 4 aromatic carbocycles. The average Bonchev–Trinajstić information content (AvgIpc) is 3.30. The van der Waals surface area contributed by atoms with Gasteiger partial charge < -0.3 is 0 Å². The van der Waals surface area contributed by atoms with E-state index < -0.39 is 5.89 Å². The molecule has 1 aliphatic rings. The van der Waals surface area contributed by atoms with Crippen LogP contribution in [0.25, 0.3) is 53.0 Å². The molecular weight excluding hydrogens is 454 g/mol. The Bertz CT molecular complexity index is 1800. The van der Waals surface area contributed by atoms with Crippen LogP contribution in [0, 0.1) is 0 Å². The lowest BCUT2D eigenvalue weighted by atomic mass is 9.81. The Kier molecular flexibility index (Phi) is 5.06. The van der Waals surface area contributed by atoms with E-state index in [1.54, 1.807) is 0 Å². The van der Waals surface area contributed by atoms with Gasteiger partial charge in [0.05, 0.1) is 5.69 Å². The van der Waals surface area contributed by atoms with Gasteiger partial charge in [-0.2, -0.15) is 0 Å². The minimum atomic E-state index is -0.655. The molecule has 6 aromatic rings. The van der Waals surface area contributed by atoms with Gasteiger partial charge in [0.1, 0.15) is 0 Å². The highest BCUT2D eigenvalue weighted by atomic mass is 32.1. The zero-order valence-corrected chi connectivity index (χ0v) is 21.8. The predicted molar refractivity (Wildman–Crippen MR) is 157 cm³/mol. The molecule has 0 atom stereocenters. The van der Waals surface area contributed by atoms with Crippen molar-refractivity contribution in [3.63, 3.8) is 0 Å². The Balaban J connectivity index is 1.55. The van der Waals surface area contributed by atoms with Crippen molar-refractivity contribution >= 4 is 53.1 Å². The van der Waals surface area contributed by atoms with Gasteiger partial charge in [-0.15, -0.1) is 11.3 Å². The van der Waals surface area contributed by atoms with E-state index in [0.29, 0.717) is 5.92 Å². The van der Waals surface area contributed by atoms with Gasteiger partial charge >= 0.3 is 0 Å². The molecule has 0 radical (unpaired) electrons. The number of nitrogens with zero attached hydrogens (tertiary/aromatic N) is 1. The van der Waals surface area contributed by atoms with Crippen LogP contribution in [-0.2, 0) is 0 Å². The van der Waals surface area contributed by atoms with Gasteiger partial charge in [-0.3, -0.25) is 4.98 Å². The molecule has 7 rings (SSSR count). The SMILES string of the molecule is [2H]C(C)(C)c1ccnc(-c2ccc(C3CCCCC3)c3c2sc2cc4c(ccc5ccccc54)cc23)c1. The van der Waals surface area contributed by atoms with Crippen LogP contribution in [0.5, 0.6) is 0 Å². The fraction of sp³-hybridized carbons (Fsp3) is 0.265. The summed E-state index contributed by atoms with van der Waals surface area (Å²) in [6.45, 7) is 3.90. The van der Waals surface area contributed by atoms with Gasteiger partial charge in [-0.1, -0.05) is 81.6 Å². The molecule has 0 N–H and O–H groups in total. The largest absolute Gasteiger partial charge is 0.256 e. The molecule has 36 heavy (non-hydrogen) atoms. The van der Waals surface area contributed by atoms with Crippen LogP contribution in [0.4, 0.5) is 0 Å². The summed E-state index contributed by atoms with van der Waals surface area (Å²) in [5.41, 5.74) is 4.68. The fourth-order valence-electron chi connectivity index (χ4n) is 6.25. The molecule has 178 valence electrons. The Morgan fingerprint density at radius 2 is 1.67 bits per heavy atom. The van der Waals surface area contributed by atoms with Gasteiger partial charge in [-0.05, 0) is 81.6 Å². The number of aromatic nitrogens is 1. The Labute approximate surface area is 218 Å². The van der Waals surface area contributed by atoms with Crippen molar-refractivity contribution in [2.75, 3.05) is 0 Å². The van der Waals surface area contributed by atoms with Crippen molar-refractivity contribution in [2.24, 2.45) is 0 Å². The second-order valence-corrected chi connectivity index (χ2v) is 11.7. The van der Waals surface area contributed by atoms with Crippen LogP contribution in [0.2, 0.25) is 0 Å². The monoisotopic (exact) mass is 486 g/mol. The predicted octanol–water partition coefficient (Wildman–Crippen LogP) is 10.6. The Morgan fingerprint density at radius 1 is 0.833 bits per heavy atom. The lowest BCUT2D eigenvalue weighted by Gasteiger charge is -2.23. The first-order valence-corrected chi connectivity index (χ1v) is 14.1. The Hall–Kier alpha value is -3.23. The van der Waals surface area contributed by atoms with Crippen molar-refractivity contribution in [2.45, 2.75) is 57.8 Å². The van der Waals surface area contributed by atoms with E-state index in [1.807, 2.05) is 37.4 Å². The van der Waals surface area contributed by atoms with Gasteiger partial charge in [-0.25, -0.2) is 0 Å². The van der Waals surface area contributed by atoms with Gasteiger partial charge in [0, 0.05) is 33.3 Å². The maximum atomic E-state index is 8.57. The molecule has 0 amide bonds. The topological polar surface area (TPSA) is 12.9 Å². The number of hydrogen-bond acceptors (Lipinski definition) is 2. The smallest absolute Gasteiger partial charge is 0.0719 e. The third-order valence-corrected chi connectivity index (χ3v) is 9.36. The maximum Gasteiger partial charge on any atom is 0.0719 e. The molecule has 0 spiro atoms. The summed E-state index contributed by atoms with van der Waals surface area (Å²) in [5.74, 6) is -0.0282. The van der Waals surface area contributed by atoms with E-state index in [4.69, 9.17) is 6.35 Å². The molecule has 0 unspecified atom stereocenters. The number of rotatable bonds is 3. The third kappa shape index (κ3) is 3.54. The van der Waals surface area contributed by atoms with E-state index in [-0.39, 0.29) is 0 Å². The lowest BCUT2D eigenvalue weighted by molar-refractivity contribution is 0.445. The van der Waals surface area contributed by atoms with Crippen LogP contribution in [0.3, 0.4) is 0 Å². The first-order valence-electron chi connectivity index (χ1n) is 13.7. The summed E-state index contributed by atoms with van der Waals surface area (Å²) >= 11 is 1.91. The molecule has 2 heteroatoms. The molecule has 1 saturated carbocycles. The van der Waals surface area contributed by atoms with Gasteiger partial charge in [0.2, 0.25) is 0 Å². The molecule has 2 aromatic heterocycles. The van der Waals surface area contributed by atoms with Crippen LogP contribution in [0.15, 0.2) is 79.0 Å². The number of pyridine rings is 1. The molecule has 1 aliphatic carbocycles. The number of fused-ring (bicyclic) bond motifs is 6. The van der Waals surface area contributed by atoms with E-state index in [1.165, 1.54) is 84.9 Å². The van der Waals surface area contributed by atoms with Gasteiger partial charge in [0.25, 0.3) is 0 Å². The van der Waals surface area contributed by atoms with E-state index in [0.717, 1.165) is 11.3 Å². The van der Waals surface area contributed by atoms with E-state index in [9.17, 15) is 0 Å². The maximum absolute atomic E-state index is 8.57. The first-order chi connectivity index (χ1) is 18.0. The number of hydrogen-bond donors (Lipinski definition) is 0. The van der Waals surface area contributed by atoms with E-state index >= 15 is 0 Å². The minimum Gasteiger partial charge on any atom is -0.256 e. The summed E-state index contributed by atoms with van der Waals surface area (Å²) < 4.78 is 11.3. The molecule has 2 heterocycles. The molecule has 1 nitrogen and oxygen atoms in total. The average molecular weight is 487 g/mol. The molecule has 0 saturated heterocycles. The van der Waals surface area contributed by atoms with Crippen molar-refractivity contribution in [3.05, 3.63) is 90.1 Å². The second kappa shape index (κ2) is 8.71. The van der Waals surface area contributed by atoms with Crippen LogP contribution in [-0.4, -0.2) is 4.98 Å². The normalized spacial score (nSPS) is 15.8. The zero-order valence-electron chi connectivity index (χ0n) is 22.0. The summed E-state index contributed by atoms with van der Waals surface area (Å²) in [4.78, 5) is 4.81. The first kappa shape index (κ1) is 20.9. The van der Waals surface area contributed by atoms with Crippen LogP contribution < -0.4 is 0 Å². The Morgan fingerprint density at radius 3 is 2.53 bits per heavy atom. The van der Waals surface area contributed by atoms with E-state index in [2.05, 4.69) is 66.7 Å². The summed E-state index contributed by atoms with van der Waals surface area (Å²) in [5, 5.41) is 8.05. The summed E-state index contributed by atoms with van der Waals surface area (Å²) in [6, 6.07) is 26.9. The van der Waals surface area contributed by atoms with Crippen LogP contribution >= 0.6 is 11.3 Å². The van der Waals surface area contributed by atoms with Crippen LogP contribution in [0.1, 0.15) is 70.3 Å². The highest BCUT2D eigenvalue weighted by Crippen LogP contribution is 2.47. The van der Waals surface area contributed by atoms with Gasteiger partial charge in [0.15, 0.2) is 0 Å². The number of thiophene rings is 1. The van der Waals surface area contributed by atoms with Crippen molar-refractivity contribution < 1.29 is 1.37 Å². The lowest BCUT2D eigenvalue weighted by Crippen LogP contribution is -2.05. The highest BCUT2D eigenvalue weighted by molar-refractivity contribution is 7.26. The van der Waals surface area contributed by atoms with Crippen molar-refractivity contribution in [3.8, 4) is 11.3 Å². The molecule has 0 aliphatic heterocycles. The molecular formula is C34H31NS. The molecule has 0 bridgehead atoms. The second-order valence-electron chi connectivity index (χ2n) is 10.6. The quantitative estimate of drug-likeness (QED) is 0.227. The highest BCUT2D eigenvalue weighted by Gasteiger charge is 2.23. The fourth-order valence-corrected chi connectivity index (χ4v) is 7.53. The minimum absolute atomic E-state index is 0.627. The zero-order chi connectivity index (χ0) is 25.1. The van der Waals surface area contributed by atoms with Crippen molar-refractivity contribution in [1.29, 1.82) is 0 Å². The standard InChI is InChI=1S/C34H31NS/c1-21(2)24-16-17-35-31(19-24)28-15-14-27(22-8-4-3-5-9-22)33-30-18-25-13-12-23-10-6-7-11-26(23)29(25)20-32(30)36-34(28)33/h6-7,10-22H,3-5,8-9H2,1-2H3/i21D. The van der Waals surface area contributed by atoms with Crippen molar-refractivity contribution in [1.82, 2.24) is 4.98 Å². The number of benzene rings is 4. The summed E-state index contributed by atoms with van der Waals surface area (Å²) in [6.07, 6.45) is 8.45. The summed E-state index contributed by atoms with van der Waals surface area (Å²) in [7, 11) is 0.